The highest BCUT2D eigenvalue weighted by molar-refractivity contribution is 7.88. The van der Waals surface area contributed by atoms with Gasteiger partial charge in [-0.1, -0.05) is 32.0 Å². The average Bonchev–Trinajstić information content (AvgIpc) is 2.32. The van der Waals surface area contributed by atoms with Gasteiger partial charge in [0.15, 0.2) is 0 Å². The summed E-state index contributed by atoms with van der Waals surface area (Å²) < 4.78 is 26.8. The third-order valence-electron chi connectivity index (χ3n) is 3.31. The predicted molar refractivity (Wildman–Crippen MR) is 82.6 cm³/mol. The number of hydrogen-bond donors (Lipinski definition) is 2. The fraction of sp³-hybridized carbons (Fsp3) is 0.533. The van der Waals surface area contributed by atoms with Crippen molar-refractivity contribution in [2.45, 2.75) is 45.9 Å². The summed E-state index contributed by atoms with van der Waals surface area (Å²) in [7, 11) is -3.70. The summed E-state index contributed by atoms with van der Waals surface area (Å²) >= 11 is 0. The van der Waals surface area contributed by atoms with Crippen molar-refractivity contribution in [3.63, 3.8) is 0 Å². The van der Waals surface area contributed by atoms with E-state index in [0.717, 1.165) is 16.7 Å². The second kappa shape index (κ2) is 7.04. The number of aryl methyl sites for hydroxylation is 2. The predicted octanol–water partition coefficient (Wildman–Crippen LogP) is 2.22. The Morgan fingerprint density at radius 2 is 1.76 bits per heavy atom. The van der Waals surface area contributed by atoms with Gasteiger partial charge < -0.3 is 5.11 Å². The van der Waals surface area contributed by atoms with E-state index in [-0.39, 0.29) is 18.1 Å². The molecule has 2 N–H and O–H groups in total. The van der Waals surface area contributed by atoms with Gasteiger partial charge in [0.1, 0.15) is 6.04 Å². The minimum atomic E-state index is -3.70. The van der Waals surface area contributed by atoms with Crippen LogP contribution < -0.4 is 4.72 Å². The lowest BCUT2D eigenvalue weighted by Crippen LogP contribution is -2.42. The number of benzene rings is 1. The SMILES string of the molecule is Cc1cccc(C)c1CS(=O)(=O)N[C@H](CC(C)C)C(=O)O. The monoisotopic (exact) mass is 313 g/mol. The highest BCUT2D eigenvalue weighted by Crippen LogP contribution is 2.17. The van der Waals surface area contributed by atoms with Crippen LogP contribution in [0.4, 0.5) is 0 Å². The molecule has 0 amide bonds. The third-order valence-corrected chi connectivity index (χ3v) is 4.62. The summed E-state index contributed by atoms with van der Waals surface area (Å²) in [5, 5.41) is 9.13. The molecular formula is C15H23NO4S. The van der Waals surface area contributed by atoms with E-state index in [1.807, 2.05) is 45.9 Å². The Morgan fingerprint density at radius 3 is 2.19 bits per heavy atom. The van der Waals surface area contributed by atoms with E-state index >= 15 is 0 Å². The summed E-state index contributed by atoms with van der Waals surface area (Å²) in [5.41, 5.74) is 2.49. The molecule has 0 spiro atoms. The molecule has 0 aromatic heterocycles. The van der Waals surface area contributed by atoms with Crippen LogP contribution in [0.25, 0.3) is 0 Å². The van der Waals surface area contributed by atoms with E-state index in [2.05, 4.69) is 4.72 Å². The molecule has 1 atom stereocenters. The molecule has 0 radical (unpaired) electrons. The number of aliphatic carboxylic acids is 1. The van der Waals surface area contributed by atoms with Crippen LogP contribution in [0.3, 0.4) is 0 Å². The van der Waals surface area contributed by atoms with Gasteiger partial charge >= 0.3 is 5.97 Å². The maximum atomic E-state index is 12.2. The fourth-order valence-electron chi connectivity index (χ4n) is 2.20. The number of sulfonamides is 1. The first kappa shape index (κ1) is 17.7. The molecular weight excluding hydrogens is 290 g/mol. The molecule has 0 saturated heterocycles. The van der Waals surface area contributed by atoms with E-state index in [0.29, 0.717) is 0 Å². The lowest BCUT2D eigenvalue weighted by molar-refractivity contribution is -0.139. The van der Waals surface area contributed by atoms with Crippen molar-refractivity contribution >= 4 is 16.0 Å². The Morgan fingerprint density at radius 1 is 1.24 bits per heavy atom. The zero-order valence-electron chi connectivity index (χ0n) is 12.9. The molecule has 0 heterocycles. The topological polar surface area (TPSA) is 83.5 Å². The number of rotatable bonds is 7. The first-order valence-corrected chi connectivity index (χ1v) is 8.55. The Balaban J connectivity index is 2.93. The van der Waals surface area contributed by atoms with Crippen molar-refractivity contribution < 1.29 is 18.3 Å². The van der Waals surface area contributed by atoms with Gasteiger partial charge in [0.25, 0.3) is 0 Å². The average molecular weight is 313 g/mol. The van der Waals surface area contributed by atoms with Gasteiger partial charge in [0, 0.05) is 0 Å². The molecule has 0 saturated carbocycles. The second-order valence-corrected chi connectivity index (χ2v) is 7.52. The molecule has 21 heavy (non-hydrogen) atoms. The van der Waals surface area contributed by atoms with Gasteiger partial charge in [-0.3, -0.25) is 4.79 Å². The largest absolute Gasteiger partial charge is 0.480 e. The molecule has 0 unspecified atom stereocenters. The van der Waals surface area contributed by atoms with Crippen molar-refractivity contribution in [1.29, 1.82) is 0 Å². The highest BCUT2D eigenvalue weighted by atomic mass is 32.2. The van der Waals surface area contributed by atoms with Crippen LogP contribution >= 0.6 is 0 Å². The molecule has 5 nitrogen and oxygen atoms in total. The molecule has 0 aliphatic carbocycles. The van der Waals surface area contributed by atoms with Gasteiger partial charge in [0.05, 0.1) is 5.75 Å². The zero-order chi connectivity index (χ0) is 16.2. The van der Waals surface area contributed by atoms with Crippen LogP contribution in [0.15, 0.2) is 18.2 Å². The number of hydrogen-bond acceptors (Lipinski definition) is 3. The Hall–Kier alpha value is -1.40. The van der Waals surface area contributed by atoms with Crippen molar-refractivity contribution in [2.75, 3.05) is 0 Å². The molecule has 0 bridgehead atoms. The molecule has 118 valence electrons. The zero-order valence-corrected chi connectivity index (χ0v) is 13.7. The first-order valence-electron chi connectivity index (χ1n) is 6.90. The molecule has 0 aliphatic heterocycles. The Kier molecular flexibility index (Phi) is 5.92. The molecule has 0 aliphatic rings. The molecule has 0 fully saturated rings. The van der Waals surface area contributed by atoms with E-state index in [1.165, 1.54) is 0 Å². The first-order chi connectivity index (χ1) is 9.62. The number of carbonyl (C=O) groups is 1. The maximum Gasteiger partial charge on any atom is 0.321 e. The summed E-state index contributed by atoms with van der Waals surface area (Å²) in [5.74, 6) is -1.25. The second-order valence-electron chi connectivity index (χ2n) is 5.77. The van der Waals surface area contributed by atoms with Gasteiger partial charge in [-0.25, -0.2) is 13.1 Å². The standard InChI is InChI=1S/C15H23NO4S/c1-10(2)8-14(15(17)18)16-21(19,20)9-13-11(3)6-5-7-12(13)4/h5-7,10,14,16H,8-9H2,1-4H3,(H,17,18)/t14-/m1/s1. The van der Waals surface area contributed by atoms with Crippen molar-refractivity contribution in [3.8, 4) is 0 Å². The summed E-state index contributed by atoms with van der Waals surface area (Å²) in [6.45, 7) is 7.41. The maximum absolute atomic E-state index is 12.2. The number of nitrogens with one attached hydrogen (secondary N) is 1. The van der Waals surface area contributed by atoms with Crippen LogP contribution in [0, 0.1) is 19.8 Å². The minimum Gasteiger partial charge on any atom is -0.480 e. The normalized spacial score (nSPS) is 13.4. The lowest BCUT2D eigenvalue weighted by atomic mass is 10.1. The van der Waals surface area contributed by atoms with E-state index in [4.69, 9.17) is 5.11 Å². The molecule has 1 aromatic rings. The minimum absolute atomic E-state index is 0.0917. The lowest BCUT2D eigenvalue weighted by Gasteiger charge is -2.17. The van der Waals surface area contributed by atoms with Crippen LogP contribution in [0.1, 0.15) is 37.0 Å². The molecule has 6 heteroatoms. The quantitative estimate of drug-likeness (QED) is 0.808. The van der Waals surface area contributed by atoms with Crippen LogP contribution in [-0.2, 0) is 20.6 Å². The van der Waals surface area contributed by atoms with Crippen LogP contribution in [0.5, 0.6) is 0 Å². The summed E-state index contributed by atoms with van der Waals surface area (Å²) in [4.78, 5) is 11.2. The van der Waals surface area contributed by atoms with E-state index in [1.54, 1.807) is 0 Å². The fourth-order valence-corrected chi connectivity index (χ4v) is 3.75. The summed E-state index contributed by atoms with van der Waals surface area (Å²) in [6.07, 6.45) is 0.265. The van der Waals surface area contributed by atoms with E-state index in [9.17, 15) is 13.2 Å². The van der Waals surface area contributed by atoms with Crippen LogP contribution in [0.2, 0.25) is 0 Å². The summed E-state index contributed by atoms with van der Waals surface area (Å²) in [6, 6.07) is 4.48. The van der Waals surface area contributed by atoms with Crippen molar-refractivity contribution in [1.82, 2.24) is 4.72 Å². The number of carboxylic acids is 1. The highest BCUT2D eigenvalue weighted by Gasteiger charge is 2.25. The van der Waals surface area contributed by atoms with Crippen LogP contribution in [-0.4, -0.2) is 25.5 Å². The van der Waals surface area contributed by atoms with Crippen molar-refractivity contribution in [2.24, 2.45) is 5.92 Å². The van der Waals surface area contributed by atoms with Gasteiger partial charge in [-0.2, -0.15) is 0 Å². The molecule has 1 aromatic carbocycles. The smallest absolute Gasteiger partial charge is 0.321 e. The molecule has 1 rings (SSSR count). The van der Waals surface area contributed by atoms with Gasteiger partial charge in [-0.15, -0.1) is 0 Å². The Labute approximate surface area is 126 Å². The van der Waals surface area contributed by atoms with Gasteiger partial charge in [-0.05, 0) is 42.9 Å². The van der Waals surface area contributed by atoms with Crippen molar-refractivity contribution in [3.05, 3.63) is 34.9 Å². The third kappa shape index (κ3) is 5.47. The van der Waals surface area contributed by atoms with E-state index < -0.39 is 22.0 Å². The number of carboxylic acid groups (broad SMARTS) is 1. The van der Waals surface area contributed by atoms with Gasteiger partial charge in [0.2, 0.25) is 10.0 Å². The Bertz CT molecular complexity index is 588.